The summed E-state index contributed by atoms with van der Waals surface area (Å²) >= 11 is 1.45. The first kappa shape index (κ1) is 23.3. The van der Waals surface area contributed by atoms with E-state index in [1.165, 1.54) is 36.0 Å². The summed E-state index contributed by atoms with van der Waals surface area (Å²) in [6, 6.07) is 12.2. The van der Waals surface area contributed by atoms with E-state index in [9.17, 15) is 14.0 Å². The summed E-state index contributed by atoms with van der Waals surface area (Å²) in [7, 11) is 1.65. The highest BCUT2D eigenvalue weighted by molar-refractivity contribution is 8.13. The lowest BCUT2D eigenvalue weighted by Gasteiger charge is -2.14. The van der Waals surface area contributed by atoms with Crippen LogP contribution < -0.4 is 16.0 Å². The summed E-state index contributed by atoms with van der Waals surface area (Å²) in [4.78, 5) is 32.6. The fraction of sp³-hybridized carbons (Fsp3) is 0.273. The van der Waals surface area contributed by atoms with Crippen molar-refractivity contribution >= 4 is 41.0 Å². The van der Waals surface area contributed by atoms with Crippen LogP contribution in [0.2, 0.25) is 0 Å². The summed E-state index contributed by atoms with van der Waals surface area (Å²) in [6.07, 6.45) is 0.160. The first-order chi connectivity index (χ1) is 15.4. The second kappa shape index (κ2) is 10.8. The van der Waals surface area contributed by atoms with Crippen LogP contribution in [0, 0.1) is 5.82 Å². The Morgan fingerprint density at radius 3 is 2.72 bits per heavy atom. The molecule has 3 rings (SSSR count). The highest BCUT2D eigenvalue weighted by Crippen LogP contribution is 2.29. The summed E-state index contributed by atoms with van der Waals surface area (Å²) in [5.41, 5.74) is 7.89. The molecule has 2 amide bonds. The Balaban J connectivity index is 1.67. The number of aliphatic imine (C=N–C) groups is 2. The summed E-state index contributed by atoms with van der Waals surface area (Å²) < 4.78 is 20.1. The van der Waals surface area contributed by atoms with Crippen LogP contribution in [0.3, 0.4) is 0 Å². The first-order valence-electron chi connectivity index (χ1n) is 9.86. The third-order valence-corrected chi connectivity index (χ3v) is 5.75. The Hall–Kier alpha value is -3.40. The third-order valence-electron chi connectivity index (χ3n) is 4.73. The van der Waals surface area contributed by atoms with E-state index in [4.69, 9.17) is 10.5 Å². The minimum atomic E-state index is -0.566. The average molecular weight is 458 g/mol. The van der Waals surface area contributed by atoms with Crippen molar-refractivity contribution in [1.29, 1.82) is 0 Å². The standard InChI is InChI=1S/C22H24FN5O3S/c1-14(29)26-10-18-11-28(22(30)31-18)17-7-8-19(20(23)9-17)16-5-3-15(4-6-16)12-32-21(25-2)27-13-24/h3-9,13,18H,10-12H2,1-2H3,(H,26,29)(H2,24,25,27)/t18-/m0/s1. The number of nitrogens with one attached hydrogen (secondary N) is 1. The molecule has 8 nitrogen and oxygen atoms in total. The molecule has 1 atom stereocenters. The highest BCUT2D eigenvalue weighted by Gasteiger charge is 2.32. The number of halogens is 1. The molecule has 1 fully saturated rings. The maximum absolute atomic E-state index is 14.9. The lowest BCUT2D eigenvalue weighted by atomic mass is 10.0. The molecule has 0 aliphatic carbocycles. The predicted octanol–water partition coefficient (Wildman–Crippen LogP) is 3.16. The number of hydrogen-bond acceptors (Lipinski definition) is 5. The molecule has 0 saturated carbocycles. The van der Waals surface area contributed by atoms with Gasteiger partial charge in [0.1, 0.15) is 11.9 Å². The van der Waals surface area contributed by atoms with E-state index >= 15 is 0 Å². The number of ether oxygens (including phenoxy) is 1. The van der Waals surface area contributed by atoms with Crippen LogP contribution in [0.25, 0.3) is 11.1 Å². The molecule has 1 aliphatic rings. The first-order valence-corrected chi connectivity index (χ1v) is 10.8. The van der Waals surface area contributed by atoms with Gasteiger partial charge in [-0.25, -0.2) is 14.2 Å². The number of hydrogen-bond donors (Lipinski definition) is 2. The van der Waals surface area contributed by atoms with Crippen molar-refractivity contribution in [3.8, 4) is 11.1 Å². The molecule has 0 spiro atoms. The SMILES string of the molecule is CN=C(/N=C\N)SCc1ccc(-c2ccc(N3C[C@H](CNC(C)=O)OC3=O)cc2F)cc1. The fourth-order valence-electron chi connectivity index (χ4n) is 3.15. The number of amides is 2. The number of amidine groups is 1. The van der Waals surface area contributed by atoms with Gasteiger partial charge in [0.2, 0.25) is 5.91 Å². The zero-order valence-electron chi connectivity index (χ0n) is 17.7. The van der Waals surface area contributed by atoms with Gasteiger partial charge in [0, 0.05) is 25.3 Å². The van der Waals surface area contributed by atoms with Crippen LogP contribution in [0.4, 0.5) is 14.9 Å². The molecule has 168 valence electrons. The molecule has 32 heavy (non-hydrogen) atoms. The van der Waals surface area contributed by atoms with Gasteiger partial charge in [0.25, 0.3) is 0 Å². The molecule has 0 radical (unpaired) electrons. The van der Waals surface area contributed by atoms with Crippen LogP contribution in [0.1, 0.15) is 12.5 Å². The van der Waals surface area contributed by atoms with E-state index in [0.29, 0.717) is 22.2 Å². The summed E-state index contributed by atoms with van der Waals surface area (Å²) in [5, 5.41) is 3.20. The smallest absolute Gasteiger partial charge is 0.414 e. The molecule has 0 unspecified atom stereocenters. The van der Waals surface area contributed by atoms with Gasteiger partial charge in [-0.05, 0) is 29.3 Å². The van der Waals surface area contributed by atoms with Gasteiger partial charge in [-0.2, -0.15) is 0 Å². The van der Waals surface area contributed by atoms with E-state index < -0.39 is 18.0 Å². The molecular formula is C22H24FN5O3S. The molecule has 1 aliphatic heterocycles. The minimum absolute atomic E-state index is 0.206. The lowest BCUT2D eigenvalue weighted by Crippen LogP contribution is -2.33. The maximum atomic E-state index is 14.9. The van der Waals surface area contributed by atoms with Gasteiger partial charge < -0.3 is 15.8 Å². The normalized spacial score (nSPS) is 16.5. The molecule has 2 aromatic carbocycles. The van der Waals surface area contributed by atoms with Gasteiger partial charge in [0.15, 0.2) is 5.17 Å². The van der Waals surface area contributed by atoms with Crippen LogP contribution >= 0.6 is 11.8 Å². The number of thioether (sulfide) groups is 1. The van der Waals surface area contributed by atoms with Gasteiger partial charge in [-0.1, -0.05) is 36.0 Å². The van der Waals surface area contributed by atoms with Gasteiger partial charge in [-0.3, -0.25) is 14.7 Å². The quantitative estimate of drug-likeness (QED) is 0.512. The van der Waals surface area contributed by atoms with E-state index in [-0.39, 0.29) is 19.0 Å². The zero-order valence-corrected chi connectivity index (χ0v) is 18.6. The molecular weight excluding hydrogens is 433 g/mol. The van der Waals surface area contributed by atoms with Crippen LogP contribution in [0.15, 0.2) is 52.4 Å². The molecule has 2 aromatic rings. The van der Waals surface area contributed by atoms with Crippen molar-refractivity contribution in [3.63, 3.8) is 0 Å². The Morgan fingerprint density at radius 1 is 1.34 bits per heavy atom. The van der Waals surface area contributed by atoms with Crippen LogP contribution in [-0.2, 0) is 15.3 Å². The molecule has 10 heteroatoms. The third kappa shape index (κ3) is 5.85. The van der Waals surface area contributed by atoms with E-state index in [1.807, 2.05) is 24.3 Å². The Kier molecular flexibility index (Phi) is 7.82. The number of rotatable bonds is 6. The highest BCUT2D eigenvalue weighted by atomic mass is 32.2. The second-order valence-corrected chi connectivity index (χ2v) is 7.93. The van der Waals surface area contributed by atoms with E-state index in [1.54, 1.807) is 19.2 Å². The maximum Gasteiger partial charge on any atom is 0.414 e. The summed E-state index contributed by atoms with van der Waals surface area (Å²) in [5.74, 6) is 0.00513. The number of nitrogens with zero attached hydrogens (tertiary/aromatic N) is 3. The lowest BCUT2D eigenvalue weighted by molar-refractivity contribution is -0.119. The number of benzene rings is 2. The molecule has 3 N–H and O–H groups in total. The Morgan fingerprint density at radius 2 is 2.09 bits per heavy atom. The molecule has 0 aromatic heterocycles. The number of carbonyl (C=O) groups excluding carboxylic acids is 2. The van der Waals surface area contributed by atoms with Crippen molar-refractivity contribution < 1.29 is 18.7 Å². The fourth-order valence-corrected chi connectivity index (χ4v) is 3.91. The number of cyclic esters (lactones) is 1. The second-order valence-electron chi connectivity index (χ2n) is 6.99. The van der Waals surface area contributed by atoms with Crippen molar-refractivity contribution in [2.24, 2.45) is 15.7 Å². The number of nitrogens with two attached hydrogens (primary N) is 1. The largest absolute Gasteiger partial charge is 0.442 e. The Bertz CT molecular complexity index is 1040. The van der Waals surface area contributed by atoms with Crippen molar-refractivity contribution in [2.45, 2.75) is 18.8 Å². The van der Waals surface area contributed by atoms with Crippen LogP contribution in [-0.4, -0.2) is 49.7 Å². The van der Waals surface area contributed by atoms with E-state index in [2.05, 4.69) is 15.3 Å². The van der Waals surface area contributed by atoms with E-state index in [0.717, 1.165) is 11.1 Å². The number of carbonyl (C=O) groups is 2. The van der Waals surface area contributed by atoms with Crippen molar-refractivity contribution in [2.75, 3.05) is 25.0 Å². The summed E-state index contributed by atoms with van der Waals surface area (Å²) in [6.45, 7) is 1.84. The van der Waals surface area contributed by atoms with Crippen molar-refractivity contribution in [1.82, 2.24) is 5.32 Å². The monoisotopic (exact) mass is 457 g/mol. The predicted molar refractivity (Wildman–Crippen MR) is 125 cm³/mol. The van der Waals surface area contributed by atoms with Gasteiger partial charge in [-0.15, -0.1) is 0 Å². The Labute approximate surface area is 189 Å². The van der Waals surface area contributed by atoms with Crippen LogP contribution in [0.5, 0.6) is 0 Å². The molecule has 1 heterocycles. The van der Waals surface area contributed by atoms with Crippen molar-refractivity contribution in [3.05, 3.63) is 53.8 Å². The zero-order chi connectivity index (χ0) is 23.1. The van der Waals surface area contributed by atoms with Gasteiger partial charge in [0.05, 0.1) is 25.1 Å². The number of anilines is 1. The topological polar surface area (TPSA) is 109 Å². The molecule has 1 saturated heterocycles. The van der Waals surface area contributed by atoms with Gasteiger partial charge >= 0.3 is 6.09 Å². The average Bonchev–Trinajstić information content (AvgIpc) is 3.16. The molecule has 0 bridgehead atoms. The minimum Gasteiger partial charge on any atom is -0.442 e.